The molecule has 0 aliphatic heterocycles. The van der Waals surface area contributed by atoms with Crippen LogP contribution in [0.2, 0.25) is 0 Å². The fourth-order valence-corrected chi connectivity index (χ4v) is 2.24. The Morgan fingerprint density at radius 3 is 1.88 bits per heavy atom. The number of carbonyl (C=O) groups is 4. The highest BCUT2D eigenvalue weighted by Crippen LogP contribution is 2.05. The smallest absolute Gasteiger partial charge is 0.407 e. The Labute approximate surface area is 192 Å². The predicted molar refractivity (Wildman–Crippen MR) is 119 cm³/mol. The van der Waals surface area contributed by atoms with Crippen LogP contribution in [0, 0.1) is 0 Å². The van der Waals surface area contributed by atoms with Crippen molar-refractivity contribution in [1.29, 1.82) is 0 Å². The Bertz CT molecular complexity index is 866. The number of benzene rings is 1. The quantitative estimate of drug-likeness (QED) is 0.184. The van der Waals surface area contributed by atoms with Crippen molar-refractivity contribution in [2.75, 3.05) is 33.0 Å². The average molecular weight is 462 g/mol. The summed E-state index contributed by atoms with van der Waals surface area (Å²) in [6, 6.07) is 7.39. The van der Waals surface area contributed by atoms with Crippen LogP contribution < -0.4 is 10.6 Å². The van der Waals surface area contributed by atoms with Crippen LogP contribution in [0.1, 0.15) is 25.0 Å². The average Bonchev–Trinajstić information content (AvgIpc) is 2.78. The van der Waals surface area contributed by atoms with E-state index in [0.717, 1.165) is 11.1 Å². The zero-order valence-electron chi connectivity index (χ0n) is 18.9. The first-order valence-electron chi connectivity index (χ1n) is 10.2. The number of hydrogen-bond acceptors (Lipinski definition) is 9. The second-order valence-corrected chi connectivity index (χ2v) is 6.97. The molecule has 33 heavy (non-hydrogen) atoms. The molecule has 2 N–H and O–H groups in total. The zero-order chi connectivity index (χ0) is 24.6. The maximum atomic E-state index is 11.7. The van der Waals surface area contributed by atoms with Crippen molar-refractivity contribution in [1.82, 2.24) is 10.6 Å². The van der Waals surface area contributed by atoms with Gasteiger partial charge in [-0.1, -0.05) is 37.4 Å². The lowest BCUT2D eigenvalue weighted by Gasteiger charge is -2.10. The van der Waals surface area contributed by atoms with Gasteiger partial charge in [0, 0.05) is 24.2 Å². The fourth-order valence-electron chi connectivity index (χ4n) is 2.24. The largest absolute Gasteiger partial charge is 0.461 e. The summed E-state index contributed by atoms with van der Waals surface area (Å²) in [6.07, 6.45) is -0.637. The monoisotopic (exact) mass is 462 g/mol. The molecule has 0 bridgehead atoms. The van der Waals surface area contributed by atoms with Gasteiger partial charge in [-0.2, -0.15) is 0 Å². The van der Waals surface area contributed by atoms with E-state index in [1.807, 2.05) is 24.3 Å². The number of esters is 3. The molecule has 0 saturated heterocycles. The van der Waals surface area contributed by atoms with Crippen LogP contribution in [0.4, 0.5) is 4.79 Å². The van der Waals surface area contributed by atoms with Gasteiger partial charge in [-0.05, 0) is 25.0 Å². The number of ether oxygens (including phenoxy) is 4. The molecule has 10 nitrogen and oxygen atoms in total. The standard InChI is InChI=1S/C23H30N2O8/c1-16(2)21(27)31-9-8-30-20(26)15-24-13-18-6-5-7-19(12-18)14-25-23(29)33-11-10-32-22(28)17(3)4/h5-7,12,24H,1,3,8-11,13-15H2,2,4H3,(H,25,29). The zero-order valence-corrected chi connectivity index (χ0v) is 18.9. The third kappa shape index (κ3) is 12.7. The van der Waals surface area contributed by atoms with E-state index >= 15 is 0 Å². The Hall–Kier alpha value is -3.66. The molecule has 0 heterocycles. The molecule has 0 aromatic heterocycles. The number of hydrogen-bond donors (Lipinski definition) is 2. The molecule has 1 aromatic rings. The summed E-state index contributed by atoms with van der Waals surface area (Å²) in [5, 5.41) is 5.56. The molecule has 0 atom stereocenters. The Kier molecular flexibility index (Phi) is 12.6. The first-order chi connectivity index (χ1) is 15.7. The number of rotatable bonds is 14. The van der Waals surface area contributed by atoms with Gasteiger partial charge in [-0.3, -0.25) is 4.79 Å². The molecular weight excluding hydrogens is 432 g/mol. The molecule has 0 aliphatic carbocycles. The van der Waals surface area contributed by atoms with E-state index in [-0.39, 0.29) is 50.7 Å². The Morgan fingerprint density at radius 2 is 1.30 bits per heavy atom. The van der Waals surface area contributed by atoms with E-state index in [1.54, 1.807) is 0 Å². The molecule has 0 saturated carbocycles. The van der Waals surface area contributed by atoms with E-state index in [4.69, 9.17) is 18.9 Å². The third-order valence-electron chi connectivity index (χ3n) is 3.85. The summed E-state index contributed by atoms with van der Waals surface area (Å²) < 4.78 is 19.5. The molecule has 0 fully saturated rings. The Morgan fingerprint density at radius 1 is 0.788 bits per heavy atom. The third-order valence-corrected chi connectivity index (χ3v) is 3.85. The summed E-state index contributed by atoms with van der Waals surface area (Å²) in [5.74, 6) is -1.55. The van der Waals surface area contributed by atoms with Gasteiger partial charge < -0.3 is 29.6 Å². The topological polar surface area (TPSA) is 129 Å². The predicted octanol–water partition coefficient (Wildman–Crippen LogP) is 1.78. The lowest BCUT2D eigenvalue weighted by Crippen LogP contribution is -2.26. The van der Waals surface area contributed by atoms with E-state index in [0.29, 0.717) is 6.54 Å². The normalized spacial score (nSPS) is 10.0. The number of carbonyl (C=O) groups excluding carboxylic acids is 4. The summed E-state index contributed by atoms with van der Waals surface area (Å²) in [7, 11) is 0. The second kappa shape index (κ2) is 15.2. The van der Waals surface area contributed by atoms with Crippen molar-refractivity contribution >= 4 is 24.0 Å². The van der Waals surface area contributed by atoms with Gasteiger partial charge in [0.15, 0.2) is 0 Å². The van der Waals surface area contributed by atoms with E-state index in [1.165, 1.54) is 13.8 Å². The van der Waals surface area contributed by atoms with Crippen LogP contribution in [0.5, 0.6) is 0 Å². The molecule has 1 rings (SSSR count). The van der Waals surface area contributed by atoms with Gasteiger partial charge in [-0.25, -0.2) is 14.4 Å². The molecular formula is C23H30N2O8. The lowest BCUT2D eigenvalue weighted by atomic mass is 10.1. The molecule has 1 amide bonds. The lowest BCUT2D eigenvalue weighted by molar-refractivity contribution is -0.149. The van der Waals surface area contributed by atoms with Gasteiger partial charge in [0.2, 0.25) is 0 Å². The van der Waals surface area contributed by atoms with Crippen molar-refractivity contribution < 1.29 is 38.1 Å². The van der Waals surface area contributed by atoms with Gasteiger partial charge >= 0.3 is 24.0 Å². The molecule has 180 valence electrons. The van der Waals surface area contributed by atoms with Crippen LogP contribution in [0.3, 0.4) is 0 Å². The van der Waals surface area contributed by atoms with Crippen LogP contribution in [0.15, 0.2) is 48.6 Å². The molecule has 10 heteroatoms. The van der Waals surface area contributed by atoms with Gasteiger partial charge in [0.25, 0.3) is 0 Å². The van der Waals surface area contributed by atoms with Crippen molar-refractivity contribution in [3.05, 3.63) is 59.7 Å². The maximum Gasteiger partial charge on any atom is 0.407 e. The summed E-state index contributed by atoms with van der Waals surface area (Å²) in [5.41, 5.74) is 2.28. The minimum atomic E-state index is -0.637. The van der Waals surface area contributed by atoms with Crippen molar-refractivity contribution in [2.24, 2.45) is 0 Å². The molecule has 1 aromatic carbocycles. The first-order valence-corrected chi connectivity index (χ1v) is 10.2. The summed E-state index contributed by atoms with van der Waals surface area (Å²) in [6.45, 7) is 10.4. The highest BCUT2D eigenvalue weighted by atomic mass is 16.6. The van der Waals surface area contributed by atoms with Gasteiger partial charge in [-0.15, -0.1) is 0 Å². The molecule has 0 radical (unpaired) electrons. The van der Waals surface area contributed by atoms with E-state index in [9.17, 15) is 19.2 Å². The first kappa shape index (κ1) is 27.4. The number of alkyl carbamates (subject to hydrolysis) is 1. The second-order valence-electron chi connectivity index (χ2n) is 6.97. The van der Waals surface area contributed by atoms with Crippen LogP contribution in [-0.2, 0) is 46.4 Å². The van der Waals surface area contributed by atoms with Gasteiger partial charge in [0.05, 0.1) is 6.54 Å². The maximum absolute atomic E-state index is 11.7. The van der Waals surface area contributed by atoms with Crippen molar-refractivity contribution in [3.8, 4) is 0 Å². The molecule has 0 aliphatic rings. The van der Waals surface area contributed by atoms with E-state index in [2.05, 4.69) is 23.8 Å². The number of nitrogens with one attached hydrogen (secondary N) is 2. The van der Waals surface area contributed by atoms with E-state index < -0.39 is 24.0 Å². The van der Waals surface area contributed by atoms with Crippen molar-refractivity contribution in [2.45, 2.75) is 26.9 Å². The summed E-state index contributed by atoms with van der Waals surface area (Å²) in [4.78, 5) is 45.8. The molecule has 0 spiro atoms. The minimum Gasteiger partial charge on any atom is -0.461 e. The fraction of sp³-hybridized carbons (Fsp3) is 0.391. The van der Waals surface area contributed by atoms with Crippen LogP contribution >= 0.6 is 0 Å². The minimum absolute atomic E-state index is 0.0147. The Balaban J connectivity index is 2.23. The van der Waals surface area contributed by atoms with Crippen molar-refractivity contribution in [3.63, 3.8) is 0 Å². The van der Waals surface area contributed by atoms with Gasteiger partial charge in [0.1, 0.15) is 26.4 Å². The van der Waals surface area contributed by atoms with Crippen LogP contribution in [-0.4, -0.2) is 57.0 Å². The highest BCUT2D eigenvalue weighted by molar-refractivity contribution is 5.87. The highest BCUT2D eigenvalue weighted by Gasteiger charge is 2.07. The molecule has 0 unspecified atom stereocenters. The summed E-state index contributed by atoms with van der Waals surface area (Å²) >= 11 is 0. The number of amides is 1. The SMILES string of the molecule is C=C(C)C(=O)OCCOC(=O)CNCc1cccc(CNC(=O)OCCOC(=O)C(=C)C)c1. The van der Waals surface area contributed by atoms with Crippen LogP contribution in [0.25, 0.3) is 0 Å².